The zero-order chi connectivity index (χ0) is 17.6. The van der Waals surface area contributed by atoms with E-state index in [2.05, 4.69) is 10.1 Å². The van der Waals surface area contributed by atoms with E-state index in [9.17, 15) is 18.0 Å². The quantitative estimate of drug-likeness (QED) is 0.619. The van der Waals surface area contributed by atoms with Gasteiger partial charge in [0.15, 0.2) is 0 Å². The fraction of sp³-hybridized carbons (Fsp3) is 0.375. The van der Waals surface area contributed by atoms with Crippen LogP contribution in [0.1, 0.15) is 19.8 Å². The minimum absolute atomic E-state index is 0.199. The number of hydrogen-bond donors (Lipinski definition) is 1. The van der Waals surface area contributed by atoms with Gasteiger partial charge in [-0.25, -0.2) is 13.2 Å². The number of carbonyl (C=O) groups excluding carboxylic acids is 2. The number of anilines is 1. The van der Waals surface area contributed by atoms with E-state index in [1.165, 1.54) is 28.6 Å². The topological polar surface area (TPSA) is 92.8 Å². The van der Waals surface area contributed by atoms with E-state index in [0.717, 1.165) is 25.0 Å². The molecule has 130 valence electrons. The Hall–Kier alpha value is -2.19. The summed E-state index contributed by atoms with van der Waals surface area (Å²) in [5, 5.41) is 2.55. The third kappa shape index (κ3) is 4.65. The van der Waals surface area contributed by atoms with Gasteiger partial charge in [-0.05, 0) is 44.0 Å². The molecule has 1 amide bonds. The number of nitrogens with zero attached hydrogens (tertiary/aromatic N) is 1. The molecule has 0 spiro atoms. The van der Waals surface area contributed by atoms with Crippen LogP contribution in [0.4, 0.5) is 5.69 Å². The van der Waals surface area contributed by atoms with Crippen molar-refractivity contribution >= 4 is 27.6 Å². The van der Waals surface area contributed by atoms with Crippen molar-refractivity contribution in [3.05, 3.63) is 36.4 Å². The van der Waals surface area contributed by atoms with Gasteiger partial charge < -0.3 is 10.1 Å². The van der Waals surface area contributed by atoms with Crippen molar-refractivity contribution in [3.8, 4) is 0 Å². The summed E-state index contributed by atoms with van der Waals surface area (Å²) >= 11 is 0. The summed E-state index contributed by atoms with van der Waals surface area (Å²) in [6.45, 7) is 2.99. The number of sulfonamides is 1. The summed E-state index contributed by atoms with van der Waals surface area (Å²) in [7, 11) is -3.47. The van der Waals surface area contributed by atoms with Crippen LogP contribution >= 0.6 is 0 Å². The first-order chi connectivity index (χ1) is 11.4. The average Bonchev–Trinajstić information content (AvgIpc) is 3.09. The van der Waals surface area contributed by atoms with Gasteiger partial charge in [0, 0.05) is 30.9 Å². The van der Waals surface area contributed by atoms with Gasteiger partial charge in [-0.15, -0.1) is 0 Å². The number of rotatable bonds is 6. The van der Waals surface area contributed by atoms with Gasteiger partial charge >= 0.3 is 5.97 Å². The number of ether oxygens (including phenoxy) is 1. The van der Waals surface area contributed by atoms with Crippen LogP contribution < -0.4 is 5.32 Å². The van der Waals surface area contributed by atoms with Gasteiger partial charge in [0.05, 0.1) is 11.5 Å². The molecule has 0 unspecified atom stereocenters. The van der Waals surface area contributed by atoms with Crippen molar-refractivity contribution in [2.75, 3.05) is 25.0 Å². The van der Waals surface area contributed by atoms with E-state index in [0.29, 0.717) is 18.8 Å². The van der Waals surface area contributed by atoms with E-state index in [1.807, 2.05) is 0 Å². The van der Waals surface area contributed by atoms with Crippen molar-refractivity contribution in [1.29, 1.82) is 0 Å². The molecule has 0 aromatic heterocycles. The molecule has 1 aliphatic heterocycles. The number of carbonyl (C=O) groups is 2. The molecule has 1 fully saturated rings. The third-order valence-electron chi connectivity index (χ3n) is 3.48. The van der Waals surface area contributed by atoms with E-state index in [4.69, 9.17) is 0 Å². The minimum Gasteiger partial charge on any atom is -0.463 e. The summed E-state index contributed by atoms with van der Waals surface area (Å²) in [6.07, 6.45) is 3.85. The first-order valence-electron chi connectivity index (χ1n) is 7.69. The second kappa shape index (κ2) is 8.07. The summed E-state index contributed by atoms with van der Waals surface area (Å²) in [5.41, 5.74) is 0.439. The lowest BCUT2D eigenvalue weighted by atomic mass is 10.3. The predicted molar refractivity (Wildman–Crippen MR) is 88.8 cm³/mol. The molecule has 1 saturated heterocycles. The Labute approximate surface area is 141 Å². The first-order valence-corrected chi connectivity index (χ1v) is 9.13. The fourth-order valence-corrected chi connectivity index (χ4v) is 3.82. The Morgan fingerprint density at radius 2 is 1.79 bits per heavy atom. The molecule has 0 saturated carbocycles. The average molecular weight is 352 g/mol. The lowest BCUT2D eigenvalue weighted by molar-refractivity contribution is -0.137. The van der Waals surface area contributed by atoms with Gasteiger partial charge in [0.25, 0.3) is 0 Å². The van der Waals surface area contributed by atoms with Crippen LogP contribution in [-0.2, 0) is 24.3 Å². The lowest BCUT2D eigenvalue weighted by Gasteiger charge is -2.15. The summed E-state index contributed by atoms with van der Waals surface area (Å²) < 4.78 is 30.9. The summed E-state index contributed by atoms with van der Waals surface area (Å²) in [6, 6.07) is 5.94. The van der Waals surface area contributed by atoms with Gasteiger partial charge in [0.1, 0.15) is 0 Å². The maximum absolute atomic E-state index is 12.4. The van der Waals surface area contributed by atoms with Crippen molar-refractivity contribution < 1.29 is 22.7 Å². The maximum atomic E-state index is 12.4. The SMILES string of the molecule is CCOC(=O)/C=C/C(=O)Nc1ccc(S(=O)(=O)N2CCCC2)cc1. The van der Waals surface area contributed by atoms with E-state index in [1.54, 1.807) is 6.92 Å². The van der Waals surface area contributed by atoms with Gasteiger partial charge in [-0.3, -0.25) is 4.79 Å². The van der Waals surface area contributed by atoms with Gasteiger partial charge in [-0.1, -0.05) is 0 Å². The fourth-order valence-electron chi connectivity index (χ4n) is 2.31. The van der Waals surface area contributed by atoms with Crippen LogP contribution in [-0.4, -0.2) is 44.3 Å². The van der Waals surface area contributed by atoms with E-state index >= 15 is 0 Å². The highest BCUT2D eigenvalue weighted by atomic mass is 32.2. The summed E-state index contributed by atoms with van der Waals surface area (Å²) in [4.78, 5) is 23.0. The highest BCUT2D eigenvalue weighted by molar-refractivity contribution is 7.89. The minimum atomic E-state index is -3.47. The standard InChI is InChI=1S/C16H20N2O5S/c1-2-23-16(20)10-9-15(19)17-13-5-7-14(8-6-13)24(21,22)18-11-3-4-12-18/h5-10H,2-4,11-12H2,1H3,(H,17,19)/b10-9+. The molecule has 1 heterocycles. The van der Waals surface area contributed by atoms with Crippen LogP contribution in [0.5, 0.6) is 0 Å². The highest BCUT2D eigenvalue weighted by Crippen LogP contribution is 2.22. The molecule has 8 heteroatoms. The lowest BCUT2D eigenvalue weighted by Crippen LogP contribution is -2.27. The molecule has 1 N–H and O–H groups in total. The third-order valence-corrected chi connectivity index (χ3v) is 5.39. The highest BCUT2D eigenvalue weighted by Gasteiger charge is 2.26. The molecule has 0 atom stereocenters. The Morgan fingerprint density at radius 1 is 1.17 bits per heavy atom. The van der Waals surface area contributed by atoms with Crippen LogP contribution in [0.3, 0.4) is 0 Å². The molecule has 7 nitrogen and oxygen atoms in total. The first kappa shape index (κ1) is 18.2. The smallest absolute Gasteiger partial charge is 0.330 e. The normalized spacial score (nSPS) is 15.5. The molecule has 0 radical (unpaired) electrons. The molecule has 0 bridgehead atoms. The molecular formula is C16H20N2O5S. The number of hydrogen-bond acceptors (Lipinski definition) is 5. The van der Waals surface area contributed by atoms with Gasteiger partial charge in [0.2, 0.25) is 15.9 Å². The van der Waals surface area contributed by atoms with E-state index in [-0.39, 0.29) is 11.5 Å². The van der Waals surface area contributed by atoms with Gasteiger partial charge in [-0.2, -0.15) is 4.31 Å². The molecule has 1 aromatic carbocycles. The zero-order valence-corrected chi connectivity index (χ0v) is 14.2. The van der Waals surface area contributed by atoms with Crippen LogP contribution in [0.2, 0.25) is 0 Å². The predicted octanol–water partition coefficient (Wildman–Crippen LogP) is 1.53. The largest absolute Gasteiger partial charge is 0.463 e. The Balaban J connectivity index is 1.99. The number of benzene rings is 1. The van der Waals surface area contributed by atoms with Crippen molar-refractivity contribution in [1.82, 2.24) is 4.31 Å². The molecular weight excluding hydrogens is 332 g/mol. The Morgan fingerprint density at radius 3 is 2.38 bits per heavy atom. The number of amides is 1. The molecule has 1 aromatic rings. The second-order valence-electron chi connectivity index (χ2n) is 5.21. The zero-order valence-electron chi connectivity index (χ0n) is 13.4. The maximum Gasteiger partial charge on any atom is 0.330 e. The number of nitrogens with one attached hydrogen (secondary N) is 1. The second-order valence-corrected chi connectivity index (χ2v) is 7.15. The molecule has 2 rings (SSSR count). The van der Waals surface area contributed by atoms with Crippen molar-refractivity contribution in [3.63, 3.8) is 0 Å². The van der Waals surface area contributed by atoms with Crippen molar-refractivity contribution in [2.24, 2.45) is 0 Å². The number of esters is 1. The van der Waals surface area contributed by atoms with Crippen LogP contribution in [0, 0.1) is 0 Å². The molecule has 0 aliphatic carbocycles. The molecule has 1 aliphatic rings. The Kier molecular flexibility index (Phi) is 6.10. The summed E-state index contributed by atoms with van der Waals surface area (Å²) in [5.74, 6) is -1.10. The monoisotopic (exact) mass is 352 g/mol. The van der Waals surface area contributed by atoms with Crippen LogP contribution in [0.25, 0.3) is 0 Å². The molecule has 24 heavy (non-hydrogen) atoms. The van der Waals surface area contributed by atoms with E-state index < -0.39 is 21.9 Å². The Bertz CT molecular complexity index is 719. The van der Waals surface area contributed by atoms with Crippen molar-refractivity contribution in [2.45, 2.75) is 24.7 Å². The van der Waals surface area contributed by atoms with Crippen LogP contribution in [0.15, 0.2) is 41.3 Å².